The molecule has 2 amide bonds. The minimum atomic E-state index is -0.651. The van der Waals surface area contributed by atoms with Crippen LogP contribution in [0.15, 0.2) is 94.5 Å². The van der Waals surface area contributed by atoms with Gasteiger partial charge in [-0.2, -0.15) is 9.36 Å². The summed E-state index contributed by atoms with van der Waals surface area (Å²) in [7, 11) is 0. The van der Waals surface area contributed by atoms with Crippen LogP contribution in [0.2, 0.25) is 0 Å². The summed E-state index contributed by atoms with van der Waals surface area (Å²) in [5.41, 5.74) is 0.697. The summed E-state index contributed by atoms with van der Waals surface area (Å²) in [5.74, 6) is -2.50. The number of carbonyl (C=O) groups is 4. The third kappa shape index (κ3) is 5.49. The Hall–Kier alpha value is -6.04. The predicted molar refractivity (Wildman–Crippen MR) is 154 cm³/mol. The van der Waals surface area contributed by atoms with E-state index in [2.05, 4.69) is 20.8 Å². The summed E-state index contributed by atoms with van der Waals surface area (Å²) in [5, 5.41) is 10.7. The van der Waals surface area contributed by atoms with Crippen LogP contribution in [0.25, 0.3) is 0 Å². The molecule has 210 valence electrons. The summed E-state index contributed by atoms with van der Waals surface area (Å²) >= 11 is 0. The molecule has 0 radical (unpaired) electrons. The Balaban J connectivity index is 1.36. The molecule has 12 heteroatoms. The summed E-state index contributed by atoms with van der Waals surface area (Å²) in [6, 6.07) is 20.9. The molecule has 2 aromatic heterocycles. The van der Waals surface area contributed by atoms with Crippen molar-refractivity contribution in [3.05, 3.63) is 139 Å². The van der Waals surface area contributed by atoms with Gasteiger partial charge in [-0.15, -0.1) is 0 Å². The van der Waals surface area contributed by atoms with Crippen LogP contribution in [0, 0.1) is 13.8 Å². The van der Waals surface area contributed by atoms with Gasteiger partial charge in [-0.25, -0.2) is 0 Å². The summed E-state index contributed by atoms with van der Waals surface area (Å²) in [6.07, 6.45) is 0. The highest BCUT2D eigenvalue weighted by Gasteiger charge is 2.20. The Bertz CT molecular complexity index is 1850. The average molecular weight is 565 g/mol. The van der Waals surface area contributed by atoms with E-state index in [-0.39, 0.29) is 33.6 Å². The zero-order valence-electron chi connectivity index (χ0n) is 22.4. The first kappa shape index (κ1) is 27.5. The number of anilines is 2. The highest BCUT2D eigenvalue weighted by Crippen LogP contribution is 2.20. The minimum Gasteiger partial charge on any atom is -0.321 e. The zero-order chi connectivity index (χ0) is 30.0. The maximum Gasteiger partial charge on any atom is 0.281 e. The van der Waals surface area contributed by atoms with Gasteiger partial charge in [0.1, 0.15) is 0 Å². The number of amides is 2. The first-order chi connectivity index (χ1) is 20.1. The second kappa shape index (κ2) is 11.2. The molecule has 4 N–H and O–H groups in total. The van der Waals surface area contributed by atoms with Gasteiger partial charge in [0.25, 0.3) is 34.7 Å². The lowest BCUT2D eigenvalue weighted by Crippen LogP contribution is -2.26. The van der Waals surface area contributed by atoms with Gasteiger partial charge < -0.3 is 10.6 Å². The maximum absolute atomic E-state index is 13.2. The van der Waals surface area contributed by atoms with Gasteiger partial charge in [-0.3, -0.25) is 39.0 Å². The number of rotatable bonds is 6. The smallest absolute Gasteiger partial charge is 0.281 e. The van der Waals surface area contributed by atoms with Crippen molar-refractivity contribution in [2.75, 3.05) is 10.6 Å². The van der Waals surface area contributed by atoms with Gasteiger partial charge >= 0.3 is 0 Å². The van der Waals surface area contributed by atoms with Gasteiger partial charge in [0.2, 0.25) is 0 Å². The van der Waals surface area contributed by atoms with Crippen LogP contribution in [0.1, 0.15) is 52.8 Å². The second-order valence-corrected chi connectivity index (χ2v) is 9.42. The third-order valence-electron chi connectivity index (χ3n) is 6.30. The van der Waals surface area contributed by atoms with E-state index < -0.39 is 34.7 Å². The largest absolute Gasteiger partial charge is 0.321 e. The van der Waals surface area contributed by atoms with Gasteiger partial charge in [0.05, 0.1) is 22.5 Å². The van der Waals surface area contributed by atoms with Gasteiger partial charge in [-0.1, -0.05) is 30.3 Å². The number of hydrogen-bond donors (Lipinski definition) is 4. The highest BCUT2D eigenvalue weighted by molar-refractivity contribution is 6.12. The Morgan fingerprint density at radius 1 is 0.571 bits per heavy atom. The van der Waals surface area contributed by atoms with Crippen molar-refractivity contribution in [1.29, 1.82) is 0 Å². The number of nitrogens with one attached hydrogen (secondary N) is 4. The van der Waals surface area contributed by atoms with Crippen LogP contribution in [-0.4, -0.2) is 43.2 Å². The standard InChI is InChI=1S/C30H24N6O6/c1-17-14-25(37)35(33-17)29(41)21-10-3-5-12-23(21)31-27(39)19-8-7-9-20(16-19)28(40)32-24-13-6-4-11-22(24)30(42)36-26(38)15-18(2)34-36/h3-16,33-34H,1-2H3,(H,31,39)(H,32,40). The molecule has 0 spiro atoms. The zero-order valence-corrected chi connectivity index (χ0v) is 22.4. The Kier molecular flexibility index (Phi) is 7.35. The van der Waals surface area contributed by atoms with E-state index >= 15 is 0 Å². The van der Waals surface area contributed by atoms with Crippen LogP contribution in [0.4, 0.5) is 11.4 Å². The third-order valence-corrected chi connectivity index (χ3v) is 6.30. The van der Waals surface area contributed by atoms with Crippen molar-refractivity contribution in [2.24, 2.45) is 0 Å². The van der Waals surface area contributed by atoms with E-state index in [1.807, 2.05) is 0 Å². The van der Waals surface area contributed by atoms with E-state index in [9.17, 15) is 28.8 Å². The van der Waals surface area contributed by atoms with E-state index in [4.69, 9.17) is 0 Å². The molecule has 42 heavy (non-hydrogen) atoms. The molecule has 3 aromatic carbocycles. The first-order valence-corrected chi connectivity index (χ1v) is 12.7. The molecule has 0 bridgehead atoms. The van der Waals surface area contributed by atoms with Gasteiger partial charge in [-0.05, 0) is 56.3 Å². The van der Waals surface area contributed by atoms with Crippen molar-refractivity contribution < 1.29 is 19.2 Å². The topological polar surface area (TPSA) is 168 Å². The lowest BCUT2D eigenvalue weighted by Gasteiger charge is -2.12. The number of carbonyl (C=O) groups excluding carboxylic acids is 4. The van der Waals surface area contributed by atoms with Gasteiger partial charge in [0.15, 0.2) is 0 Å². The molecule has 0 aliphatic carbocycles. The molecule has 12 nitrogen and oxygen atoms in total. The molecule has 0 aliphatic heterocycles. The number of aromatic nitrogens is 4. The van der Waals surface area contributed by atoms with Crippen LogP contribution < -0.4 is 21.8 Å². The lowest BCUT2D eigenvalue weighted by atomic mass is 10.1. The molecule has 0 saturated heterocycles. The molecule has 0 fully saturated rings. The quantitative estimate of drug-likeness (QED) is 0.247. The fraction of sp³-hybridized carbons (Fsp3) is 0.0667. The fourth-order valence-electron chi connectivity index (χ4n) is 4.32. The molecule has 0 aliphatic rings. The monoisotopic (exact) mass is 564 g/mol. The van der Waals surface area contributed by atoms with E-state index in [0.29, 0.717) is 11.4 Å². The number of benzene rings is 3. The molecule has 0 saturated carbocycles. The first-order valence-electron chi connectivity index (χ1n) is 12.7. The van der Waals surface area contributed by atoms with E-state index in [1.54, 1.807) is 38.1 Å². The normalized spacial score (nSPS) is 10.7. The van der Waals surface area contributed by atoms with Crippen molar-refractivity contribution in [1.82, 2.24) is 19.6 Å². The Morgan fingerprint density at radius 3 is 1.36 bits per heavy atom. The van der Waals surface area contributed by atoms with Crippen LogP contribution in [0.3, 0.4) is 0 Å². The molecular weight excluding hydrogens is 540 g/mol. The molecular formula is C30H24N6O6. The number of H-pyrrole nitrogens is 2. The fourth-order valence-corrected chi connectivity index (χ4v) is 4.32. The number of aryl methyl sites for hydroxylation is 2. The molecule has 5 rings (SSSR count). The van der Waals surface area contributed by atoms with Crippen molar-refractivity contribution in [3.63, 3.8) is 0 Å². The average Bonchev–Trinajstić information content (AvgIpc) is 3.51. The minimum absolute atomic E-state index is 0.0846. The van der Waals surface area contributed by atoms with Crippen molar-refractivity contribution >= 4 is 35.0 Å². The highest BCUT2D eigenvalue weighted by atomic mass is 16.2. The summed E-state index contributed by atoms with van der Waals surface area (Å²) < 4.78 is 1.70. The number of hydrogen-bond acceptors (Lipinski definition) is 6. The number of nitrogens with zero attached hydrogens (tertiary/aromatic N) is 2. The SMILES string of the molecule is Cc1cc(=O)n(C(=O)c2ccccc2NC(=O)c2cccc(C(=O)Nc3ccccc3C(=O)n3[nH]c(C)cc3=O)c2)[nH]1. The Labute approximate surface area is 237 Å². The van der Waals surface area contributed by atoms with Crippen LogP contribution in [-0.2, 0) is 0 Å². The van der Waals surface area contributed by atoms with Crippen LogP contribution >= 0.6 is 0 Å². The van der Waals surface area contributed by atoms with Crippen molar-refractivity contribution in [2.45, 2.75) is 13.8 Å². The van der Waals surface area contributed by atoms with E-state index in [1.165, 1.54) is 60.7 Å². The molecule has 5 aromatic rings. The second-order valence-electron chi connectivity index (χ2n) is 9.42. The summed E-state index contributed by atoms with van der Waals surface area (Å²) in [4.78, 5) is 76.6. The molecule has 0 atom stereocenters. The number of aromatic amines is 2. The predicted octanol–water partition coefficient (Wildman–Crippen LogP) is 3.16. The molecule has 0 unspecified atom stereocenters. The van der Waals surface area contributed by atoms with Crippen LogP contribution in [0.5, 0.6) is 0 Å². The Morgan fingerprint density at radius 2 is 0.976 bits per heavy atom. The lowest BCUT2D eigenvalue weighted by molar-refractivity contribution is 0.0933. The summed E-state index contributed by atoms with van der Waals surface area (Å²) in [6.45, 7) is 3.28. The number of para-hydroxylation sites is 2. The molecule has 2 heterocycles. The van der Waals surface area contributed by atoms with Gasteiger partial charge in [0, 0.05) is 34.6 Å². The van der Waals surface area contributed by atoms with Crippen molar-refractivity contribution in [3.8, 4) is 0 Å². The van der Waals surface area contributed by atoms with E-state index in [0.717, 1.165) is 9.36 Å². The maximum atomic E-state index is 13.2.